The van der Waals surface area contributed by atoms with Gasteiger partial charge in [0.2, 0.25) is 11.7 Å². The predicted molar refractivity (Wildman–Crippen MR) is 119 cm³/mol. The maximum Gasteiger partial charge on any atom is 0.520 e. The van der Waals surface area contributed by atoms with Crippen molar-refractivity contribution in [3.8, 4) is 0 Å². The number of Topliss-reactive ketones (excluding diaryl/α,β-unsaturated/α-hetero) is 1. The van der Waals surface area contributed by atoms with Crippen molar-refractivity contribution in [3.05, 3.63) is 5.89 Å². The second-order valence-corrected chi connectivity index (χ2v) is 11.0. The molecule has 174 valence electrons. The summed E-state index contributed by atoms with van der Waals surface area (Å²) in [4.78, 5) is 39.8. The van der Waals surface area contributed by atoms with Crippen LogP contribution in [0.5, 0.6) is 0 Å². The topological polar surface area (TPSA) is 96.4 Å². The summed E-state index contributed by atoms with van der Waals surface area (Å²) in [6, 6.07) is -0.382. The molecule has 1 saturated carbocycles. The molecule has 1 aliphatic carbocycles. The van der Waals surface area contributed by atoms with Crippen molar-refractivity contribution in [2.24, 2.45) is 5.92 Å². The highest BCUT2D eigenvalue weighted by atomic mass is 32.2. The summed E-state index contributed by atoms with van der Waals surface area (Å²) in [5, 5.41) is 7.43. The van der Waals surface area contributed by atoms with Gasteiger partial charge in [-0.3, -0.25) is 9.59 Å². The number of hydrogen-bond donors (Lipinski definition) is 1. The molecular weight excluding hydrogens is 416 g/mol. The summed E-state index contributed by atoms with van der Waals surface area (Å²) in [5.74, 6) is -0.105. The van der Waals surface area contributed by atoms with Crippen molar-refractivity contribution in [2.45, 2.75) is 95.1 Å². The highest BCUT2D eigenvalue weighted by Crippen LogP contribution is 2.32. The van der Waals surface area contributed by atoms with Gasteiger partial charge in [0.15, 0.2) is 0 Å². The van der Waals surface area contributed by atoms with Crippen LogP contribution in [0.1, 0.15) is 89.7 Å². The van der Waals surface area contributed by atoms with Crippen LogP contribution in [0.15, 0.2) is 9.64 Å². The fourth-order valence-corrected chi connectivity index (χ4v) is 4.56. The number of thioether (sulfide) groups is 1. The smallest absolute Gasteiger partial charge is 0.390 e. The lowest BCUT2D eigenvalue weighted by atomic mass is 10.1. The standard InChI is InChI=1S/C22H36N4O4S/c1-15(2)13-14-17(27)18-26(20(29)23-16-11-9-7-8-10-12-16)24-21(30-18)31-22(3,4)19(28)25(5)6/h15-16H,7-14H2,1-6H3/p+1. The first-order chi connectivity index (χ1) is 14.5. The summed E-state index contributed by atoms with van der Waals surface area (Å²) in [5.41, 5.74) is 0. The van der Waals surface area contributed by atoms with E-state index in [0.29, 0.717) is 12.3 Å². The van der Waals surface area contributed by atoms with Gasteiger partial charge in [-0.15, -0.1) is 0 Å². The molecule has 1 fully saturated rings. The van der Waals surface area contributed by atoms with Crippen LogP contribution in [0.25, 0.3) is 0 Å². The number of rotatable bonds is 8. The van der Waals surface area contributed by atoms with Crippen LogP contribution in [0.2, 0.25) is 0 Å². The molecule has 2 rings (SSSR count). The fraction of sp³-hybridized carbons (Fsp3) is 0.773. The van der Waals surface area contributed by atoms with Crippen molar-refractivity contribution >= 4 is 29.5 Å². The van der Waals surface area contributed by atoms with Crippen LogP contribution >= 0.6 is 11.8 Å². The van der Waals surface area contributed by atoms with Gasteiger partial charge in [-0.2, -0.15) is 4.79 Å². The Labute approximate surface area is 189 Å². The third kappa shape index (κ3) is 7.33. The van der Waals surface area contributed by atoms with Crippen LogP contribution in [-0.4, -0.2) is 52.6 Å². The monoisotopic (exact) mass is 453 g/mol. The largest absolute Gasteiger partial charge is 0.520 e. The fourth-order valence-electron chi connectivity index (χ4n) is 3.61. The maximum atomic E-state index is 13.0. The SMILES string of the molecule is CC(C)CCC(=O)c1oc(SC(C)(C)C(=O)N(C)C)n[n+]1C(=O)NC1CCCCCC1. The van der Waals surface area contributed by atoms with Gasteiger partial charge in [-0.05, 0) is 73.4 Å². The molecule has 0 bridgehead atoms. The molecule has 1 aromatic rings. The van der Waals surface area contributed by atoms with E-state index in [1.165, 1.54) is 17.7 Å². The molecule has 1 heterocycles. The van der Waals surface area contributed by atoms with Gasteiger partial charge in [0.05, 0.1) is 10.8 Å². The first-order valence-corrected chi connectivity index (χ1v) is 12.0. The Kier molecular flexibility index (Phi) is 9.09. The second kappa shape index (κ2) is 11.1. The molecular formula is C22H37N4O4S+. The average Bonchev–Trinajstić information content (AvgIpc) is 2.93. The summed E-state index contributed by atoms with van der Waals surface area (Å²) in [6.07, 6.45) is 7.33. The number of aromatic nitrogens is 2. The molecule has 0 unspecified atom stereocenters. The van der Waals surface area contributed by atoms with Crippen LogP contribution in [-0.2, 0) is 4.79 Å². The van der Waals surface area contributed by atoms with Crippen molar-refractivity contribution in [2.75, 3.05) is 14.1 Å². The highest BCUT2D eigenvalue weighted by molar-refractivity contribution is 8.01. The molecule has 0 radical (unpaired) electrons. The number of carbonyl (C=O) groups is 3. The highest BCUT2D eigenvalue weighted by Gasteiger charge is 2.37. The molecule has 9 heteroatoms. The van der Waals surface area contributed by atoms with E-state index < -0.39 is 10.8 Å². The molecule has 0 aromatic carbocycles. The lowest BCUT2D eigenvalue weighted by molar-refractivity contribution is -0.640. The predicted octanol–water partition coefficient (Wildman–Crippen LogP) is 3.82. The molecule has 1 aliphatic rings. The van der Waals surface area contributed by atoms with Crippen molar-refractivity contribution in [3.63, 3.8) is 0 Å². The third-order valence-electron chi connectivity index (χ3n) is 5.38. The van der Waals surface area contributed by atoms with Crippen molar-refractivity contribution in [1.29, 1.82) is 0 Å². The van der Waals surface area contributed by atoms with Gasteiger partial charge < -0.3 is 9.32 Å². The van der Waals surface area contributed by atoms with Crippen LogP contribution in [0.3, 0.4) is 0 Å². The Morgan fingerprint density at radius 2 is 1.81 bits per heavy atom. The van der Waals surface area contributed by atoms with Crippen molar-refractivity contribution < 1.29 is 23.5 Å². The number of amides is 2. The van der Waals surface area contributed by atoms with Gasteiger partial charge >= 0.3 is 11.9 Å². The summed E-state index contributed by atoms with van der Waals surface area (Å²) in [6.45, 7) is 7.61. The Hall–Kier alpha value is -1.90. The molecule has 0 saturated heterocycles. The molecule has 8 nitrogen and oxygen atoms in total. The van der Waals surface area contributed by atoms with Crippen LogP contribution in [0.4, 0.5) is 4.79 Å². The van der Waals surface area contributed by atoms with Gasteiger partial charge in [-0.25, -0.2) is 5.32 Å². The van der Waals surface area contributed by atoms with Gasteiger partial charge in [0.25, 0.3) is 5.22 Å². The number of nitrogens with one attached hydrogen (secondary N) is 1. The molecule has 0 atom stereocenters. The number of ketones is 1. The molecule has 0 aliphatic heterocycles. The third-order valence-corrected chi connectivity index (χ3v) is 6.41. The van der Waals surface area contributed by atoms with E-state index >= 15 is 0 Å². The van der Waals surface area contributed by atoms with E-state index in [4.69, 9.17) is 4.42 Å². The van der Waals surface area contributed by atoms with E-state index in [0.717, 1.165) is 42.1 Å². The van der Waals surface area contributed by atoms with E-state index in [2.05, 4.69) is 10.4 Å². The molecule has 1 N–H and O–H groups in total. The Balaban J connectivity index is 2.27. The number of nitrogens with zero attached hydrogens (tertiary/aromatic N) is 3. The van der Waals surface area contributed by atoms with E-state index in [1.807, 2.05) is 13.8 Å². The minimum atomic E-state index is -0.859. The molecule has 1 aromatic heterocycles. The zero-order valence-electron chi connectivity index (χ0n) is 19.7. The first kappa shape index (κ1) is 25.4. The van der Waals surface area contributed by atoms with Gasteiger partial charge in [0, 0.05) is 20.5 Å². The minimum Gasteiger partial charge on any atom is -0.390 e. The van der Waals surface area contributed by atoms with E-state index in [-0.39, 0.29) is 35.3 Å². The number of hydrogen-bond acceptors (Lipinski definition) is 6. The lowest BCUT2D eigenvalue weighted by Crippen LogP contribution is -2.57. The summed E-state index contributed by atoms with van der Waals surface area (Å²) < 4.78 is 5.93. The zero-order chi connectivity index (χ0) is 23.2. The molecule has 0 spiro atoms. The normalized spacial score (nSPS) is 15.6. The maximum absolute atomic E-state index is 13.0. The lowest BCUT2D eigenvalue weighted by Gasteiger charge is -2.24. The van der Waals surface area contributed by atoms with Gasteiger partial charge in [0.1, 0.15) is 0 Å². The summed E-state index contributed by atoms with van der Waals surface area (Å²) >= 11 is 1.10. The second-order valence-electron chi connectivity index (χ2n) is 9.39. The minimum absolute atomic E-state index is 0.0701. The van der Waals surface area contributed by atoms with Gasteiger partial charge in [-0.1, -0.05) is 26.7 Å². The van der Waals surface area contributed by atoms with Crippen LogP contribution in [0, 0.1) is 5.92 Å². The number of carbonyl (C=O) groups excluding carboxylic acids is 3. The van der Waals surface area contributed by atoms with Crippen LogP contribution < -0.4 is 10.00 Å². The average molecular weight is 454 g/mol. The summed E-state index contributed by atoms with van der Waals surface area (Å²) in [7, 11) is 3.36. The molecule has 31 heavy (non-hydrogen) atoms. The zero-order valence-corrected chi connectivity index (χ0v) is 20.5. The van der Waals surface area contributed by atoms with E-state index in [9.17, 15) is 14.4 Å². The van der Waals surface area contributed by atoms with Crippen molar-refractivity contribution in [1.82, 2.24) is 15.3 Å². The Bertz CT molecular complexity index is 780. The Morgan fingerprint density at radius 1 is 1.19 bits per heavy atom. The Morgan fingerprint density at radius 3 is 2.35 bits per heavy atom. The first-order valence-electron chi connectivity index (χ1n) is 11.2. The quantitative estimate of drug-likeness (QED) is 0.278. The molecule has 2 amide bonds. The van der Waals surface area contributed by atoms with E-state index in [1.54, 1.807) is 27.9 Å².